The van der Waals surface area contributed by atoms with E-state index < -0.39 is 0 Å². The summed E-state index contributed by atoms with van der Waals surface area (Å²) in [6, 6.07) is 3.85. The second kappa shape index (κ2) is 5.12. The first-order chi connectivity index (χ1) is 7.25. The molecule has 80 valence electrons. The quantitative estimate of drug-likeness (QED) is 0.940. The number of nitrogens with zero attached hydrogens (tertiary/aromatic N) is 1. The molecule has 0 aliphatic carbocycles. The van der Waals surface area contributed by atoms with Crippen LogP contribution in [0.4, 0.5) is 0 Å². The van der Waals surface area contributed by atoms with Gasteiger partial charge in [0.15, 0.2) is 0 Å². The molecular formula is C9H8BrClN2OS. The van der Waals surface area contributed by atoms with E-state index >= 15 is 0 Å². The van der Waals surface area contributed by atoms with Crippen LogP contribution in [-0.4, -0.2) is 5.16 Å². The fraction of sp³-hybridized carbons (Fsp3) is 0.222. The van der Waals surface area contributed by atoms with Crippen LogP contribution in [0.3, 0.4) is 0 Å². The van der Waals surface area contributed by atoms with E-state index in [0.717, 1.165) is 21.0 Å². The van der Waals surface area contributed by atoms with Gasteiger partial charge < -0.3 is 9.84 Å². The van der Waals surface area contributed by atoms with Crippen LogP contribution in [0.15, 0.2) is 27.4 Å². The van der Waals surface area contributed by atoms with Crippen LogP contribution in [0.25, 0.3) is 0 Å². The molecule has 0 unspecified atom stereocenters. The predicted molar refractivity (Wildman–Crippen MR) is 64.1 cm³/mol. The summed E-state index contributed by atoms with van der Waals surface area (Å²) in [5.74, 6) is 0. The van der Waals surface area contributed by atoms with Gasteiger partial charge in [0.1, 0.15) is 10.6 Å². The Morgan fingerprint density at radius 3 is 3.00 bits per heavy atom. The highest BCUT2D eigenvalue weighted by atomic mass is 79.9. The Bertz CT molecular complexity index is 410. The van der Waals surface area contributed by atoms with Crippen molar-refractivity contribution in [3.8, 4) is 0 Å². The summed E-state index contributed by atoms with van der Waals surface area (Å²) in [5.41, 5.74) is 0.900. The number of thiophene rings is 1. The highest BCUT2D eigenvalue weighted by Gasteiger charge is 2.04. The van der Waals surface area contributed by atoms with Gasteiger partial charge in [-0.15, -0.1) is 11.3 Å². The molecule has 15 heavy (non-hydrogen) atoms. The smallest absolute Gasteiger partial charge is 0.124 e. The van der Waals surface area contributed by atoms with Crippen molar-refractivity contribution in [2.75, 3.05) is 0 Å². The monoisotopic (exact) mass is 306 g/mol. The highest BCUT2D eigenvalue weighted by Crippen LogP contribution is 2.31. The van der Waals surface area contributed by atoms with Crippen LogP contribution < -0.4 is 5.32 Å². The van der Waals surface area contributed by atoms with Crippen LogP contribution in [0.1, 0.15) is 10.6 Å². The normalized spacial score (nSPS) is 10.8. The third-order valence-corrected chi connectivity index (χ3v) is 4.27. The molecule has 2 heterocycles. The molecular weight excluding hydrogens is 300 g/mol. The van der Waals surface area contributed by atoms with Gasteiger partial charge in [0, 0.05) is 28.5 Å². The van der Waals surface area contributed by atoms with Gasteiger partial charge in [-0.25, -0.2) is 0 Å². The predicted octanol–water partition coefficient (Wildman–Crippen LogP) is 3.44. The first-order valence-electron chi connectivity index (χ1n) is 4.29. The maximum atomic E-state index is 5.92. The lowest BCUT2D eigenvalue weighted by molar-refractivity contribution is 0.408. The number of rotatable bonds is 4. The van der Waals surface area contributed by atoms with E-state index in [1.54, 1.807) is 17.6 Å². The molecule has 0 saturated carbocycles. The van der Waals surface area contributed by atoms with Crippen molar-refractivity contribution in [2.45, 2.75) is 13.1 Å². The van der Waals surface area contributed by atoms with Crippen LogP contribution in [0, 0.1) is 0 Å². The summed E-state index contributed by atoms with van der Waals surface area (Å²) in [6.07, 6.45) is 1.57. The number of hydrogen-bond acceptors (Lipinski definition) is 4. The molecule has 0 aliphatic heterocycles. The van der Waals surface area contributed by atoms with Crippen molar-refractivity contribution in [1.29, 1.82) is 0 Å². The summed E-state index contributed by atoms with van der Waals surface area (Å²) in [5, 5.41) is 7.05. The molecule has 0 radical (unpaired) electrons. The van der Waals surface area contributed by atoms with Gasteiger partial charge in [0.05, 0.1) is 5.69 Å². The van der Waals surface area contributed by atoms with Gasteiger partial charge in [0.2, 0.25) is 0 Å². The van der Waals surface area contributed by atoms with E-state index in [-0.39, 0.29) is 0 Å². The topological polar surface area (TPSA) is 38.1 Å². The van der Waals surface area contributed by atoms with Crippen LogP contribution in [0.5, 0.6) is 0 Å². The Labute approximate surface area is 105 Å². The summed E-state index contributed by atoms with van der Waals surface area (Å²) in [4.78, 5) is 1.19. The zero-order chi connectivity index (χ0) is 10.7. The molecule has 6 heteroatoms. The average molecular weight is 308 g/mol. The van der Waals surface area contributed by atoms with E-state index in [9.17, 15) is 0 Å². The second-order valence-corrected chi connectivity index (χ2v) is 5.52. The standard InChI is InChI=1S/C9H8BrClN2OS/c10-8-3-7(15-9(8)11)5-12-4-6-1-2-14-13-6/h1-3,12H,4-5H2. The fourth-order valence-electron chi connectivity index (χ4n) is 1.12. The van der Waals surface area contributed by atoms with Crippen molar-refractivity contribution < 1.29 is 4.52 Å². The number of nitrogens with one attached hydrogen (secondary N) is 1. The maximum Gasteiger partial charge on any atom is 0.124 e. The highest BCUT2D eigenvalue weighted by molar-refractivity contribution is 9.10. The summed E-state index contributed by atoms with van der Waals surface area (Å²) in [6.45, 7) is 1.48. The van der Waals surface area contributed by atoms with Crippen molar-refractivity contribution in [2.24, 2.45) is 0 Å². The lowest BCUT2D eigenvalue weighted by atomic mass is 10.4. The molecule has 0 amide bonds. The summed E-state index contributed by atoms with van der Waals surface area (Å²) in [7, 11) is 0. The minimum atomic E-state index is 0.698. The minimum absolute atomic E-state index is 0.698. The first kappa shape index (κ1) is 11.1. The summed E-state index contributed by atoms with van der Waals surface area (Å²) >= 11 is 10.9. The lowest BCUT2D eigenvalue weighted by Crippen LogP contribution is -2.11. The van der Waals surface area contributed by atoms with E-state index in [2.05, 4.69) is 26.4 Å². The lowest BCUT2D eigenvalue weighted by Gasteiger charge is -1.98. The van der Waals surface area contributed by atoms with Crippen molar-refractivity contribution in [3.05, 3.63) is 37.8 Å². The summed E-state index contributed by atoms with van der Waals surface area (Å²) < 4.78 is 6.46. The molecule has 0 aromatic carbocycles. The zero-order valence-corrected chi connectivity index (χ0v) is 10.8. The molecule has 0 aliphatic rings. The SMILES string of the molecule is Clc1sc(CNCc2ccon2)cc1Br. The minimum Gasteiger partial charge on any atom is -0.364 e. The largest absolute Gasteiger partial charge is 0.364 e. The average Bonchev–Trinajstić information content (AvgIpc) is 2.79. The Balaban J connectivity index is 1.83. The third kappa shape index (κ3) is 3.04. The van der Waals surface area contributed by atoms with Crippen molar-refractivity contribution in [3.63, 3.8) is 0 Å². The molecule has 0 fully saturated rings. The number of halogens is 2. The Kier molecular flexibility index (Phi) is 3.80. The molecule has 2 aromatic rings. The zero-order valence-electron chi connectivity index (χ0n) is 7.67. The van der Waals surface area contributed by atoms with Gasteiger partial charge in [-0.1, -0.05) is 16.8 Å². The van der Waals surface area contributed by atoms with Gasteiger partial charge in [-0.05, 0) is 22.0 Å². The molecule has 0 atom stereocenters. The van der Waals surface area contributed by atoms with E-state index in [1.165, 1.54) is 4.88 Å². The molecule has 1 N–H and O–H groups in total. The molecule has 3 nitrogen and oxygen atoms in total. The molecule has 0 bridgehead atoms. The molecule has 0 saturated heterocycles. The van der Waals surface area contributed by atoms with E-state index in [4.69, 9.17) is 16.1 Å². The van der Waals surface area contributed by atoms with Crippen LogP contribution in [-0.2, 0) is 13.1 Å². The van der Waals surface area contributed by atoms with Crippen molar-refractivity contribution in [1.82, 2.24) is 10.5 Å². The van der Waals surface area contributed by atoms with E-state index in [1.807, 2.05) is 12.1 Å². The molecule has 2 aromatic heterocycles. The molecule has 0 spiro atoms. The Morgan fingerprint density at radius 2 is 2.40 bits per heavy atom. The second-order valence-electron chi connectivity index (χ2n) is 2.93. The maximum absolute atomic E-state index is 5.92. The fourth-order valence-corrected chi connectivity index (χ4v) is 2.88. The number of aromatic nitrogens is 1. The Hall–Kier alpha value is -0.360. The number of hydrogen-bond donors (Lipinski definition) is 1. The van der Waals surface area contributed by atoms with Gasteiger partial charge in [-0.2, -0.15) is 0 Å². The van der Waals surface area contributed by atoms with Crippen LogP contribution in [0.2, 0.25) is 4.34 Å². The van der Waals surface area contributed by atoms with Crippen LogP contribution >= 0.6 is 38.9 Å². The Morgan fingerprint density at radius 1 is 1.53 bits per heavy atom. The van der Waals surface area contributed by atoms with Gasteiger partial charge in [-0.3, -0.25) is 0 Å². The van der Waals surface area contributed by atoms with Gasteiger partial charge in [0.25, 0.3) is 0 Å². The molecule has 2 rings (SSSR count). The first-order valence-corrected chi connectivity index (χ1v) is 6.28. The van der Waals surface area contributed by atoms with Gasteiger partial charge >= 0.3 is 0 Å². The third-order valence-electron chi connectivity index (χ3n) is 1.79. The van der Waals surface area contributed by atoms with E-state index in [0.29, 0.717) is 6.54 Å². The van der Waals surface area contributed by atoms with Crippen molar-refractivity contribution >= 4 is 38.9 Å².